The van der Waals surface area contributed by atoms with Crippen molar-refractivity contribution in [2.24, 2.45) is 0 Å². The smallest absolute Gasteiger partial charge is 0.304 e. The summed E-state index contributed by atoms with van der Waals surface area (Å²) in [6.07, 6.45) is 0.201. The summed E-state index contributed by atoms with van der Waals surface area (Å²) in [6, 6.07) is 4.39. The fraction of sp³-hybridized carbons (Fsp3) is 0.500. The second kappa shape index (κ2) is 5.12. The van der Waals surface area contributed by atoms with Gasteiger partial charge in [-0.1, -0.05) is 6.07 Å². The van der Waals surface area contributed by atoms with Crippen LogP contribution in [0, 0.1) is 0 Å². The number of rotatable bonds is 5. The molecule has 0 bridgehead atoms. The van der Waals surface area contributed by atoms with Crippen LogP contribution in [-0.2, 0) is 4.79 Å². The zero-order chi connectivity index (χ0) is 10.6. The van der Waals surface area contributed by atoms with E-state index >= 15 is 0 Å². The second-order valence-corrected chi connectivity index (χ2v) is 4.30. The number of nitrogens with zero attached hydrogens (tertiary/aromatic N) is 1. The molecule has 1 N–H and O–H groups in total. The van der Waals surface area contributed by atoms with Crippen LogP contribution in [0.25, 0.3) is 0 Å². The third-order valence-electron chi connectivity index (χ3n) is 2.29. The molecule has 1 aromatic heterocycles. The number of thiophene rings is 1. The molecule has 0 saturated heterocycles. The van der Waals surface area contributed by atoms with Crippen molar-refractivity contribution in [2.45, 2.75) is 19.4 Å². The van der Waals surface area contributed by atoms with Crippen molar-refractivity contribution in [1.82, 2.24) is 4.90 Å². The molecule has 0 amide bonds. The predicted molar refractivity (Wildman–Crippen MR) is 57.6 cm³/mol. The van der Waals surface area contributed by atoms with E-state index in [0.29, 0.717) is 12.6 Å². The monoisotopic (exact) mass is 213 g/mol. The van der Waals surface area contributed by atoms with E-state index < -0.39 is 5.97 Å². The molecule has 14 heavy (non-hydrogen) atoms. The van der Waals surface area contributed by atoms with Crippen molar-refractivity contribution in [3.05, 3.63) is 22.4 Å². The Morgan fingerprint density at radius 2 is 2.43 bits per heavy atom. The lowest BCUT2D eigenvalue weighted by Crippen LogP contribution is -2.24. The van der Waals surface area contributed by atoms with E-state index in [4.69, 9.17) is 5.11 Å². The first-order valence-corrected chi connectivity index (χ1v) is 5.44. The predicted octanol–water partition coefficient (Wildman–Crippen LogP) is 2.22. The molecule has 4 heteroatoms. The molecule has 78 valence electrons. The third-order valence-corrected chi connectivity index (χ3v) is 3.34. The van der Waals surface area contributed by atoms with Gasteiger partial charge in [0.1, 0.15) is 0 Å². The van der Waals surface area contributed by atoms with Crippen LogP contribution in [0.1, 0.15) is 24.3 Å². The zero-order valence-electron chi connectivity index (χ0n) is 8.43. The number of carbonyl (C=O) groups is 1. The average Bonchev–Trinajstić information content (AvgIpc) is 2.65. The molecule has 0 aliphatic carbocycles. The van der Waals surface area contributed by atoms with E-state index in [1.54, 1.807) is 11.3 Å². The van der Waals surface area contributed by atoms with Crippen LogP contribution >= 0.6 is 11.3 Å². The molecule has 0 aliphatic rings. The van der Waals surface area contributed by atoms with Gasteiger partial charge in [0.15, 0.2) is 0 Å². The molecule has 0 spiro atoms. The number of hydrogen-bond donors (Lipinski definition) is 1. The van der Waals surface area contributed by atoms with E-state index in [-0.39, 0.29) is 6.42 Å². The molecule has 1 rings (SSSR count). The standard InChI is InChI=1S/C10H15NO2S/c1-8(9-4-3-7-14-9)11(2)6-5-10(12)13/h3-4,7-8H,5-6H2,1-2H3,(H,12,13). The first-order chi connectivity index (χ1) is 6.61. The van der Waals surface area contributed by atoms with E-state index in [1.807, 2.05) is 18.5 Å². The summed E-state index contributed by atoms with van der Waals surface area (Å²) in [7, 11) is 1.95. The van der Waals surface area contributed by atoms with Crippen LogP contribution in [0.3, 0.4) is 0 Å². The van der Waals surface area contributed by atoms with E-state index in [2.05, 4.69) is 17.9 Å². The maximum atomic E-state index is 10.4. The molecule has 0 fully saturated rings. The largest absolute Gasteiger partial charge is 0.481 e. The van der Waals surface area contributed by atoms with Crippen LogP contribution < -0.4 is 0 Å². The summed E-state index contributed by atoms with van der Waals surface area (Å²) < 4.78 is 0. The maximum absolute atomic E-state index is 10.4. The summed E-state index contributed by atoms with van der Waals surface area (Å²) in [5.74, 6) is -0.741. The molecule has 0 saturated carbocycles. The second-order valence-electron chi connectivity index (χ2n) is 3.32. The minimum atomic E-state index is -0.741. The number of carboxylic acid groups (broad SMARTS) is 1. The minimum absolute atomic E-state index is 0.201. The van der Waals surface area contributed by atoms with Crippen LogP contribution in [0.4, 0.5) is 0 Å². The summed E-state index contributed by atoms with van der Waals surface area (Å²) in [6.45, 7) is 2.68. The Balaban J connectivity index is 2.44. The fourth-order valence-electron chi connectivity index (χ4n) is 1.21. The molecule has 0 aromatic carbocycles. The molecule has 0 aliphatic heterocycles. The van der Waals surface area contributed by atoms with Gasteiger partial charge in [-0.3, -0.25) is 9.69 Å². The van der Waals surface area contributed by atoms with E-state index in [9.17, 15) is 4.79 Å². The van der Waals surface area contributed by atoms with Crippen molar-refractivity contribution in [3.8, 4) is 0 Å². The molecule has 1 aromatic rings. The molecule has 1 heterocycles. The van der Waals surface area contributed by atoms with E-state index in [0.717, 1.165) is 0 Å². The van der Waals surface area contributed by atoms with Crippen LogP contribution in [0.2, 0.25) is 0 Å². The van der Waals surface area contributed by atoms with Gasteiger partial charge < -0.3 is 5.11 Å². The van der Waals surface area contributed by atoms with Crippen LogP contribution in [0.15, 0.2) is 17.5 Å². The highest BCUT2D eigenvalue weighted by molar-refractivity contribution is 7.10. The number of aliphatic carboxylic acids is 1. The van der Waals surface area contributed by atoms with Crippen molar-refractivity contribution in [3.63, 3.8) is 0 Å². The van der Waals surface area contributed by atoms with Gasteiger partial charge in [-0.2, -0.15) is 0 Å². The molecule has 0 radical (unpaired) electrons. The molecular weight excluding hydrogens is 198 g/mol. The lowest BCUT2D eigenvalue weighted by Gasteiger charge is -2.22. The van der Waals surface area contributed by atoms with Gasteiger partial charge in [-0.05, 0) is 25.4 Å². The topological polar surface area (TPSA) is 40.5 Å². The summed E-state index contributed by atoms with van der Waals surface area (Å²) in [5, 5.41) is 10.6. The van der Waals surface area contributed by atoms with Crippen molar-refractivity contribution in [1.29, 1.82) is 0 Å². The number of carboxylic acids is 1. The molecular formula is C10H15NO2S. The highest BCUT2D eigenvalue weighted by Gasteiger charge is 2.12. The van der Waals surface area contributed by atoms with Gasteiger partial charge in [0.2, 0.25) is 0 Å². The van der Waals surface area contributed by atoms with Crippen molar-refractivity contribution < 1.29 is 9.90 Å². The summed E-state index contributed by atoms with van der Waals surface area (Å²) in [4.78, 5) is 13.7. The van der Waals surface area contributed by atoms with Gasteiger partial charge in [-0.25, -0.2) is 0 Å². The Hall–Kier alpha value is -0.870. The Bertz CT molecular complexity index is 284. The van der Waals surface area contributed by atoms with Crippen molar-refractivity contribution >= 4 is 17.3 Å². The normalized spacial score (nSPS) is 13.1. The van der Waals surface area contributed by atoms with Gasteiger partial charge in [0, 0.05) is 17.5 Å². The first-order valence-electron chi connectivity index (χ1n) is 4.56. The van der Waals surface area contributed by atoms with Gasteiger partial charge in [0.05, 0.1) is 6.42 Å². The fourth-order valence-corrected chi connectivity index (χ4v) is 2.06. The highest BCUT2D eigenvalue weighted by Crippen LogP contribution is 2.23. The van der Waals surface area contributed by atoms with Gasteiger partial charge in [0.25, 0.3) is 0 Å². The Kier molecular flexibility index (Phi) is 4.10. The lowest BCUT2D eigenvalue weighted by atomic mass is 10.2. The average molecular weight is 213 g/mol. The highest BCUT2D eigenvalue weighted by atomic mass is 32.1. The Morgan fingerprint density at radius 1 is 1.71 bits per heavy atom. The lowest BCUT2D eigenvalue weighted by molar-refractivity contribution is -0.137. The zero-order valence-corrected chi connectivity index (χ0v) is 9.25. The van der Waals surface area contributed by atoms with Crippen LogP contribution in [0.5, 0.6) is 0 Å². The SMILES string of the molecule is CC(c1cccs1)N(C)CCC(=O)O. The third kappa shape index (κ3) is 3.12. The van der Waals surface area contributed by atoms with E-state index in [1.165, 1.54) is 4.88 Å². The molecule has 3 nitrogen and oxygen atoms in total. The minimum Gasteiger partial charge on any atom is -0.481 e. The molecule has 1 unspecified atom stereocenters. The summed E-state index contributed by atoms with van der Waals surface area (Å²) >= 11 is 1.70. The quantitative estimate of drug-likeness (QED) is 0.815. The van der Waals surface area contributed by atoms with Gasteiger partial charge in [-0.15, -0.1) is 11.3 Å². The Morgan fingerprint density at radius 3 is 2.93 bits per heavy atom. The molecule has 1 atom stereocenters. The van der Waals surface area contributed by atoms with Crippen molar-refractivity contribution in [2.75, 3.05) is 13.6 Å². The van der Waals surface area contributed by atoms with Gasteiger partial charge >= 0.3 is 5.97 Å². The Labute approximate surface area is 88.0 Å². The maximum Gasteiger partial charge on any atom is 0.304 e. The first kappa shape index (κ1) is 11.2. The summed E-state index contributed by atoms with van der Waals surface area (Å²) in [5.41, 5.74) is 0. The van der Waals surface area contributed by atoms with Crippen LogP contribution in [-0.4, -0.2) is 29.6 Å². The number of hydrogen-bond acceptors (Lipinski definition) is 3.